The van der Waals surface area contributed by atoms with E-state index in [0.717, 1.165) is 0 Å². The lowest BCUT2D eigenvalue weighted by molar-refractivity contribution is 1.45. The fourth-order valence-electron chi connectivity index (χ4n) is 1.67. The van der Waals surface area contributed by atoms with Crippen molar-refractivity contribution in [2.24, 2.45) is 0 Å². The third-order valence-corrected chi connectivity index (χ3v) is 2.41. The third kappa shape index (κ3) is 1.27. The van der Waals surface area contributed by atoms with Crippen molar-refractivity contribution in [3.63, 3.8) is 0 Å². The molecule has 0 aliphatic heterocycles. The van der Waals surface area contributed by atoms with Crippen LogP contribution in [0.3, 0.4) is 0 Å². The fourth-order valence-corrected chi connectivity index (χ4v) is 1.67. The molecule has 72 valence electrons. The van der Waals surface area contributed by atoms with Crippen LogP contribution in [0.25, 0.3) is 10.8 Å². The van der Waals surface area contributed by atoms with Gasteiger partial charge in [0.1, 0.15) is 12.1 Å². The Morgan fingerprint density at radius 1 is 0.688 bits per heavy atom. The Balaban J connectivity index is 2.99. The maximum Gasteiger partial charge on any atom is 0.101 e. The Hall–Kier alpha value is -2.83. The maximum atomic E-state index is 9.03. The van der Waals surface area contributed by atoms with Crippen LogP contribution in [0.4, 0.5) is 0 Å². The number of nitrogens with zero attached hydrogens (tertiary/aromatic N) is 3. The fraction of sp³-hybridized carbons (Fsp3) is 0. The molecule has 2 rings (SSSR count). The molecule has 0 aliphatic carbocycles. The van der Waals surface area contributed by atoms with Gasteiger partial charge in [0.05, 0.1) is 22.8 Å². The van der Waals surface area contributed by atoms with Crippen molar-refractivity contribution in [2.45, 2.75) is 0 Å². The molecule has 0 saturated carbocycles. The zero-order chi connectivity index (χ0) is 11.5. The molecule has 0 bridgehead atoms. The molecule has 2 aromatic carbocycles. The number of hydrogen-bond donors (Lipinski definition) is 0. The van der Waals surface area contributed by atoms with Crippen LogP contribution >= 0.6 is 0 Å². The van der Waals surface area contributed by atoms with Crippen LogP contribution in [-0.2, 0) is 0 Å². The largest absolute Gasteiger partial charge is 0.192 e. The number of nitriles is 3. The molecule has 0 radical (unpaired) electrons. The van der Waals surface area contributed by atoms with Crippen LogP contribution in [0.15, 0.2) is 30.3 Å². The third-order valence-electron chi connectivity index (χ3n) is 2.41. The molecular weight excluding hydrogens is 198 g/mol. The van der Waals surface area contributed by atoms with E-state index in [4.69, 9.17) is 15.8 Å². The highest BCUT2D eigenvalue weighted by Gasteiger charge is 2.08. The zero-order valence-electron chi connectivity index (χ0n) is 8.23. The summed E-state index contributed by atoms with van der Waals surface area (Å²) in [6.07, 6.45) is 0. The summed E-state index contributed by atoms with van der Waals surface area (Å²) in [7, 11) is 0. The van der Waals surface area contributed by atoms with Gasteiger partial charge in [-0.15, -0.1) is 0 Å². The van der Waals surface area contributed by atoms with Crippen molar-refractivity contribution in [3.05, 3.63) is 47.0 Å². The van der Waals surface area contributed by atoms with Gasteiger partial charge in [0, 0.05) is 10.8 Å². The predicted molar refractivity (Wildman–Crippen MR) is 58.1 cm³/mol. The van der Waals surface area contributed by atoms with Gasteiger partial charge in [0.15, 0.2) is 0 Å². The highest BCUT2D eigenvalue weighted by molar-refractivity contribution is 5.93. The van der Waals surface area contributed by atoms with Gasteiger partial charge in [-0.05, 0) is 12.1 Å². The average molecular weight is 203 g/mol. The molecule has 16 heavy (non-hydrogen) atoms. The average Bonchev–Trinajstić information content (AvgIpc) is 2.36. The lowest BCUT2D eigenvalue weighted by Gasteiger charge is -2.02. The monoisotopic (exact) mass is 203 g/mol. The molecule has 0 saturated heterocycles. The first-order valence-electron chi connectivity index (χ1n) is 4.58. The summed E-state index contributed by atoms with van der Waals surface area (Å²) in [5.41, 5.74) is 1.18. The Morgan fingerprint density at radius 3 is 2.06 bits per heavy atom. The van der Waals surface area contributed by atoms with Gasteiger partial charge in [-0.1, -0.05) is 18.2 Å². The minimum atomic E-state index is 0.331. The van der Waals surface area contributed by atoms with Crippen molar-refractivity contribution >= 4 is 10.8 Å². The Morgan fingerprint density at radius 2 is 1.44 bits per heavy atom. The van der Waals surface area contributed by atoms with E-state index >= 15 is 0 Å². The first-order valence-corrected chi connectivity index (χ1v) is 4.58. The molecule has 3 heteroatoms. The molecule has 0 atom stereocenters. The quantitative estimate of drug-likeness (QED) is 0.660. The zero-order valence-corrected chi connectivity index (χ0v) is 8.23. The predicted octanol–water partition coefficient (Wildman–Crippen LogP) is 2.45. The molecule has 0 N–H and O–H groups in total. The van der Waals surface area contributed by atoms with Crippen LogP contribution in [-0.4, -0.2) is 0 Å². The van der Waals surface area contributed by atoms with E-state index in [0.29, 0.717) is 27.5 Å². The summed E-state index contributed by atoms with van der Waals surface area (Å²) in [6.45, 7) is 0. The van der Waals surface area contributed by atoms with Crippen molar-refractivity contribution in [2.75, 3.05) is 0 Å². The lowest BCUT2D eigenvalue weighted by atomic mass is 9.97. The van der Waals surface area contributed by atoms with Gasteiger partial charge in [-0.2, -0.15) is 15.8 Å². The molecule has 0 unspecified atom stereocenters. The summed E-state index contributed by atoms with van der Waals surface area (Å²) in [4.78, 5) is 0. The van der Waals surface area contributed by atoms with E-state index in [9.17, 15) is 0 Å². The highest BCUT2D eigenvalue weighted by Crippen LogP contribution is 2.24. The number of benzene rings is 2. The maximum absolute atomic E-state index is 9.03. The van der Waals surface area contributed by atoms with Crippen molar-refractivity contribution in [3.8, 4) is 18.2 Å². The molecule has 3 nitrogen and oxygen atoms in total. The second-order valence-corrected chi connectivity index (χ2v) is 3.22. The molecule has 0 aliphatic rings. The Bertz CT molecular complexity index is 694. The molecule has 0 amide bonds. The summed E-state index contributed by atoms with van der Waals surface area (Å²) in [6, 6.07) is 14.5. The van der Waals surface area contributed by atoms with Crippen molar-refractivity contribution < 1.29 is 0 Å². The van der Waals surface area contributed by atoms with E-state index in [1.807, 2.05) is 12.1 Å². The van der Waals surface area contributed by atoms with E-state index in [1.165, 1.54) is 0 Å². The molecule has 0 aromatic heterocycles. The molecule has 0 spiro atoms. The normalized spacial score (nSPS) is 9.06. The standard InChI is InChI=1S/C13H5N3/c14-6-9-2-1-3-12-11(9)5-4-10(7-15)13(12)8-16/h1-5H. The van der Waals surface area contributed by atoms with Gasteiger partial charge in [0.2, 0.25) is 0 Å². The molecule has 0 fully saturated rings. The van der Waals surface area contributed by atoms with Crippen LogP contribution in [0.1, 0.15) is 16.7 Å². The Kier molecular flexibility index (Phi) is 2.27. The molecular formula is C13H5N3. The summed E-state index contributed by atoms with van der Waals surface area (Å²) < 4.78 is 0. The van der Waals surface area contributed by atoms with Crippen LogP contribution in [0.2, 0.25) is 0 Å². The first-order chi connectivity index (χ1) is 7.81. The van der Waals surface area contributed by atoms with Gasteiger partial charge in [-0.25, -0.2) is 0 Å². The summed E-state index contributed by atoms with van der Waals surface area (Å²) in [5, 5.41) is 28.2. The molecule has 0 heterocycles. The Labute approximate surface area is 92.4 Å². The van der Waals surface area contributed by atoms with Gasteiger partial charge in [0.25, 0.3) is 0 Å². The smallest absolute Gasteiger partial charge is 0.101 e. The number of fused-ring (bicyclic) bond motifs is 1. The SMILES string of the molecule is N#Cc1ccc2c(C#N)cccc2c1C#N. The molecule has 2 aromatic rings. The van der Waals surface area contributed by atoms with Gasteiger partial charge in [-0.3, -0.25) is 0 Å². The topological polar surface area (TPSA) is 71.4 Å². The highest BCUT2D eigenvalue weighted by atomic mass is 14.3. The van der Waals surface area contributed by atoms with Gasteiger partial charge < -0.3 is 0 Å². The summed E-state index contributed by atoms with van der Waals surface area (Å²) in [5.74, 6) is 0. The van der Waals surface area contributed by atoms with Gasteiger partial charge >= 0.3 is 0 Å². The minimum Gasteiger partial charge on any atom is -0.192 e. The lowest BCUT2D eigenvalue weighted by Crippen LogP contribution is -1.88. The van der Waals surface area contributed by atoms with E-state index < -0.39 is 0 Å². The van der Waals surface area contributed by atoms with E-state index in [1.54, 1.807) is 30.3 Å². The number of hydrogen-bond acceptors (Lipinski definition) is 3. The van der Waals surface area contributed by atoms with E-state index in [-0.39, 0.29) is 0 Å². The van der Waals surface area contributed by atoms with Crippen LogP contribution in [0.5, 0.6) is 0 Å². The second-order valence-electron chi connectivity index (χ2n) is 3.22. The van der Waals surface area contributed by atoms with E-state index in [2.05, 4.69) is 6.07 Å². The minimum absolute atomic E-state index is 0.331. The van der Waals surface area contributed by atoms with Crippen molar-refractivity contribution in [1.82, 2.24) is 0 Å². The van der Waals surface area contributed by atoms with Crippen molar-refractivity contribution in [1.29, 1.82) is 15.8 Å². The van der Waals surface area contributed by atoms with Crippen LogP contribution in [0, 0.1) is 34.0 Å². The second kappa shape index (κ2) is 3.73. The first kappa shape index (κ1) is 9.71. The van der Waals surface area contributed by atoms with Crippen LogP contribution < -0.4 is 0 Å². The number of rotatable bonds is 0. The summed E-state index contributed by atoms with van der Waals surface area (Å²) >= 11 is 0.